The van der Waals surface area contributed by atoms with Gasteiger partial charge in [0.1, 0.15) is 5.82 Å². The molecule has 1 heterocycles. The van der Waals surface area contributed by atoms with Gasteiger partial charge in [0, 0.05) is 5.56 Å². The van der Waals surface area contributed by atoms with Crippen LogP contribution in [0.4, 0.5) is 10.1 Å². The molecule has 2 rings (SSSR count). The van der Waals surface area contributed by atoms with Crippen molar-refractivity contribution in [3.05, 3.63) is 46.4 Å². The minimum absolute atomic E-state index is 0.0454. The van der Waals surface area contributed by atoms with Gasteiger partial charge in [0.25, 0.3) is 0 Å². The second kappa shape index (κ2) is 4.85. The smallest absolute Gasteiger partial charge is 0.356 e. The highest BCUT2D eigenvalue weighted by Crippen LogP contribution is 2.29. The molecule has 0 radical (unpaired) electrons. The number of anilines is 1. The summed E-state index contributed by atoms with van der Waals surface area (Å²) in [5.41, 5.74) is 6.34. The van der Waals surface area contributed by atoms with Crippen LogP contribution in [-0.2, 0) is 0 Å². The third-order valence-electron chi connectivity index (χ3n) is 2.59. The van der Waals surface area contributed by atoms with Crippen molar-refractivity contribution in [3.8, 4) is 11.3 Å². The van der Waals surface area contributed by atoms with Crippen LogP contribution in [0.2, 0.25) is 5.02 Å². The topological polar surface area (TPSA) is 76.2 Å². The van der Waals surface area contributed by atoms with Gasteiger partial charge >= 0.3 is 5.97 Å². The number of pyridine rings is 1. The molecular formula is C13H10ClFN2O2. The van der Waals surface area contributed by atoms with E-state index in [2.05, 4.69) is 4.98 Å². The van der Waals surface area contributed by atoms with E-state index in [0.29, 0.717) is 0 Å². The zero-order valence-electron chi connectivity index (χ0n) is 9.95. The van der Waals surface area contributed by atoms with Gasteiger partial charge in [0.05, 0.1) is 16.4 Å². The van der Waals surface area contributed by atoms with E-state index in [0.717, 1.165) is 5.56 Å². The molecule has 0 fully saturated rings. The summed E-state index contributed by atoms with van der Waals surface area (Å²) in [6, 6.07) is 5.90. The Morgan fingerprint density at radius 3 is 2.68 bits per heavy atom. The summed E-state index contributed by atoms with van der Waals surface area (Å²) in [5, 5.41) is 8.83. The van der Waals surface area contributed by atoms with E-state index >= 15 is 0 Å². The molecule has 0 bridgehead atoms. The van der Waals surface area contributed by atoms with Crippen LogP contribution in [0.15, 0.2) is 24.3 Å². The van der Waals surface area contributed by atoms with Crippen LogP contribution in [0, 0.1) is 12.7 Å². The summed E-state index contributed by atoms with van der Waals surface area (Å²) in [4.78, 5) is 14.8. The molecule has 0 aliphatic heterocycles. The fourth-order valence-electron chi connectivity index (χ4n) is 1.66. The molecule has 2 aromatic rings. The molecule has 1 aromatic heterocycles. The number of carbonyl (C=O) groups is 1. The number of halogens is 2. The first kappa shape index (κ1) is 13.3. The van der Waals surface area contributed by atoms with E-state index in [-0.39, 0.29) is 22.0 Å². The Morgan fingerprint density at radius 2 is 2.11 bits per heavy atom. The molecule has 0 aliphatic carbocycles. The molecule has 0 aliphatic rings. The predicted octanol–water partition coefficient (Wildman–Crippen LogP) is 3.13. The van der Waals surface area contributed by atoms with E-state index in [9.17, 15) is 9.18 Å². The summed E-state index contributed by atoms with van der Waals surface area (Å²) >= 11 is 5.75. The van der Waals surface area contributed by atoms with E-state index in [1.54, 1.807) is 13.0 Å². The quantitative estimate of drug-likeness (QED) is 0.886. The van der Waals surface area contributed by atoms with Gasteiger partial charge in [-0.2, -0.15) is 0 Å². The van der Waals surface area contributed by atoms with Crippen molar-refractivity contribution >= 4 is 23.3 Å². The first-order valence-corrected chi connectivity index (χ1v) is 5.73. The number of nitrogens with zero attached hydrogens (tertiary/aromatic N) is 1. The largest absolute Gasteiger partial charge is 0.476 e. The van der Waals surface area contributed by atoms with Crippen LogP contribution in [-0.4, -0.2) is 16.1 Å². The number of nitrogens with two attached hydrogens (primary N) is 1. The Morgan fingerprint density at radius 1 is 1.42 bits per heavy atom. The van der Waals surface area contributed by atoms with Gasteiger partial charge in [-0.25, -0.2) is 14.2 Å². The van der Waals surface area contributed by atoms with E-state index in [1.807, 2.05) is 0 Å². The zero-order chi connectivity index (χ0) is 14.2. The highest BCUT2D eigenvalue weighted by molar-refractivity contribution is 6.35. The van der Waals surface area contributed by atoms with Crippen molar-refractivity contribution in [1.82, 2.24) is 4.98 Å². The van der Waals surface area contributed by atoms with E-state index < -0.39 is 17.5 Å². The number of nitrogen functional groups attached to an aromatic ring is 1. The summed E-state index contributed by atoms with van der Waals surface area (Å²) in [6.07, 6.45) is 0. The van der Waals surface area contributed by atoms with Gasteiger partial charge in [0.2, 0.25) is 0 Å². The molecule has 98 valence electrons. The molecule has 0 saturated heterocycles. The van der Waals surface area contributed by atoms with E-state index in [1.165, 1.54) is 18.2 Å². The molecule has 0 atom stereocenters. The highest BCUT2D eigenvalue weighted by Gasteiger charge is 2.17. The van der Waals surface area contributed by atoms with Crippen molar-refractivity contribution in [1.29, 1.82) is 0 Å². The minimum Gasteiger partial charge on any atom is -0.476 e. The molecule has 19 heavy (non-hydrogen) atoms. The van der Waals surface area contributed by atoms with Gasteiger partial charge in [-0.05, 0) is 30.7 Å². The van der Waals surface area contributed by atoms with E-state index in [4.69, 9.17) is 22.4 Å². The number of carboxylic acids is 1. The number of aromatic carboxylic acids is 1. The molecule has 0 spiro atoms. The third kappa shape index (κ3) is 2.51. The lowest BCUT2D eigenvalue weighted by atomic mass is 10.1. The number of hydrogen-bond donors (Lipinski definition) is 2. The Labute approximate surface area is 113 Å². The molecule has 1 aromatic carbocycles. The summed E-state index contributed by atoms with van der Waals surface area (Å²) in [6.45, 7) is 1.75. The van der Waals surface area contributed by atoms with Crippen molar-refractivity contribution in [2.24, 2.45) is 0 Å². The average Bonchev–Trinajstić information content (AvgIpc) is 2.32. The van der Waals surface area contributed by atoms with Crippen LogP contribution in [0.25, 0.3) is 11.3 Å². The monoisotopic (exact) mass is 280 g/mol. The molecule has 0 saturated carbocycles. The van der Waals surface area contributed by atoms with Crippen molar-refractivity contribution in [3.63, 3.8) is 0 Å². The number of aromatic nitrogens is 1. The fourth-order valence-corrected chi connectivity index (χ4v) is 1.83. The van der Waals surface area contributed by atoms with Gasteiger partial charge in [-0.3, -0.25) is 0 Å². The Hall–Kier alpha value is -2.14. The van der Waals surface area contributed by atoms with Crippen LogP contribution < -0.4 is 5.73 Å². The van der Waals surface area contributed by atoms with Gasteiger partial charge in [-0.15, -0.1) is 0 Å². The molecule has 3 N–H and O–H groups in total. The normalized spacial score (nSPS) is 10.5. The lowest BCUT2D eigenvalue weighted by Gasteiger charge is -2.08. The standard InChI is InChI=1S/C13H10ClFN2O2/c1-6-2-3-7(8(15)4-6)10-5-9(16)11(14)12(17-10)13(18)19/h2-5H,1H3,(H2,16,17)(H,18,19). The van der Waals surface area contributed by atoms with Crippen LogP contribution in [0.1, 0.15) is 16.1 Å². The van der Waals surface area contributed by atoms with Crippen LogP contribution >= 0.6 is 11.6 Å². The van der Waals surface area contributed by atoms with Crippen molar-refractivity contribution < 1.29 is 14.3 Å². The number of aryl methyl sites for hydroxylation is 1. The third-order valence-corrected chi connectivity index (χ3v) is 2.99. The van der Waals surface area contributed by atoms with Crippen molar-refractivity contribution in [2.75, 3.05) is 5.73 Å². The van der Waals surface area contributed by atoms with Gasteiger partial charge < -0.3 is 10.8 Å². The lowest BCUT2D eigenvalue weighted by molar-refractivity contribution is 0.0691. The summed E-state index contributed by atoms with van der Waals surface area (Å²) in [5.74, 6) is -1.81. The maximum Gasteiger partial charge on any atom is 0.356 e. The van der Waals surface area contributed by atoms with Crippen molar-refractivity contribution in [2.45, 2.75) is 6.92 Å². The van der Waals surface area contributed by atoms with Gasteiger partial charge in [-0.1, -0.05) is 17.7 Å². The van der Waals surface area contributed by atoms with Gasteiger partial charge in [0.15, 0.2) is 5.69 Å². The average molecular weight is 281 g/mol. The van der Waals surface area contributed by atoms with Crippen LogP contribution in [0.3, 0.4) is 0 Å². The summed E-state index contributed by atoms with van der Waals surface area (Å²) in [7, 11) is 0. The minimum atomic E-state index is -1.31. The number of rotatable bonds is 2. The highest BCUT2D eigenvalue weighted by atomic mass is 35.5. The molecule has 0 amide bonds. The molecule has 0 unspecified atom stereocenters. The Balaban J connectivity index is 2.66. The Kier molecular flexibility index (Phi) is 3.40. The lowest BCUT2D eigenvalue weighted by Crippen LogP contribution is -2.05. The zero-order valence-corrected chi connectivity index (χ0v) is 10.7. The number of carboxylic acid groups (broad SMARTS) is 1. The number of benzene rings is 1. The maximum atomic E-state index is 13.8. The second-order valence-corrected chi connectivity index (χ2v) is 4.43. The Bertz CT molecular complexity index is 674. The second-order valence-electron chi connectivity index (χ2n) is 4.05. The summed E-state index contributed by atoms with van der Waals surface area (Å²) < 4.78 is 13.8. The predicted molar refractivity (Wildman–Crippen MR) is 70.7 cm³/mol. The molecule has 4 nitrogen and oxygen atoms in total. The maximum absolute atomic E-state index is 13.8. The first-order chi connectivity index (χ1) is 8.90. The first-order valence-electron chi connectivity index (χ1n) is 5.36. The molecular weight excluding hydrogens is 271 g/mol. The SMILES string of the molecule is Cc1ccc(-c2cc(N)c(Cl)c(C(=O)O)n2)c(F)c1. The number of hydrogen-bond acceptors (Lipinski definition) is 3. The van der Waals surface area contributed by atoms with Crippen LogP contribution in [0.5, 0.6) is 0 Å². The molecule has 6 heteroatoms. The fraction of sp³-hybridized carbons (Fsp3) is 0.0769.